The number of Topliss-reactive ketones (excluding diaryl/α,β-unsaturated/α-hetero) is 2. The molecule has 0 amide bonds. The number of nitrogens with zero attached hydrogens (tertiary/aromatic N) is 2. The number of hydrogen-bond acceptors (Lipinski definition) is 4. The Bertz CT molecular complexity index is 1730. The first-order valence-corrected chi connectivity index (χ1v) is 15.0. The van der Waals surface area contributed by atoms with E-state index in [4.69, 9.17) is 0 Å². The molecule has 0 atom stereocenters. The van der Waals surface area contributed by atoms with Gasteiger partial charge in [-0.05, 0) is 45.1 Å². The second-order valence-electron chi connectivity index (χ2n) is 12.7. The molecule has 2 heterocycles. The molecule has 6 rings (SSSR count). The molecule has 2 aromatic heterocycles. The third-order valence-corrected chi connectivity index (χ3v) is 6.91. The van der Waals surface area contributed by atoms with Gasteiger partial charge in [-0.25, -0.2) is 0 Å². The summed E-state index contributed by atoms with van der Waals surface area (Å²) in [6, 6.07) is 46.7. The molecule has 4 aromatic carbocycles. The number of hydrogen-bond donors (Lipinski definition) is 0. The van der Waals surface area contributed by atoms with E-state index in [9.17, 15) is 9.59 Å². The van der Waals surface area contributed by atoms with Crippen LogP contribution in [0.1, 0.15) is 41.5 Å². The second kappa shape index (κ2) is 16.2. The van der Waals surface area contributed by atoms with E-state index in [1.807, 2.05) is 139 Å². The summed E-state index contributed by atoms with van der Waals surface area (Å²) in [5.74, 6) is -0.208. The van der Waals surface area contributed by atoms with Crippen LogP contribution in [0.5, 0.6) is 0 Å². The maximum Gasteiger partial charge on any atom is 3.00 e. The Morgan fingerprint density at radius 3 is 1.24 bits per heavy atom. The molecule has 4 nitrogen and oxygen atoms in total. The second-order valence-corrected chi connectivity index (χ2v) is 12.7. The average Bonchev–Trinajstić information content (AvgIpc) is 3.05. The summed E-state index contributed by atoms with van der Waals surface area (Å²) in [6.45, 7) is 10.8. The number of rotatable bonds is 4. The van der Waals surface area contributed by atoms with Gasteiger partial charge >= 0.3 is 20.1 Å². The van der Waals surface area contributed by atoms with Gasteiger partial charge in [-0.3, -0.25) is 16.4 Å². The summed E-state index contributed by atoms with van der Waals surface area (Å²) in [6.07, 6.45) is 1.22. The van der Waals surface area contributed by atoms with Crippen LogP contribution in [0.3, 0.4) is 0 Å². The van der Waals surface area contributed by atoms with Crippen LogP contribution in [0.4, 0.5) is 0 Å². The molecule has 234 valence electrons. The first-order chi connectivity index (χ1) is 21.4. The molecule has 5 heteroatoms. The van der Waals surface area contributed by atoms with E-state index < -0.39 is 10.8 Å². The van der Waals surface area contributed by atoms with Gasteiger partial charge in [0.1, 0.15) is 0 Å². The quantitative estimate of drug-likeness (QED) is 0.132. The van der Waals surface area contributed by atoms with Crippen LogP contribution in [-0.2, 0) is 29.7 Å². The van der Waals surface area contributed by atoms with Gasteiger partial charge in [-0.2, -0.15) is 0 Å². The van der Waals surface area contributed by atoms with Gasteiger partial charge in [0.15, 0.2) is 0 Å². The zero-order valence-corrected chi connectivity index (χ0v) is 29.6. The first-order valence-electron chi connectivity index (χ1n) is 15.0. The van der Waals surface area contributed by atoms with Gasteiger partial charge in [-0.15, -0.1) is 71.8 Å². The van der Waals surface area contributed by atoms with Crippen molar-refractivity contribution in [1.82, 2.24) is 9.97 Å². The van der Waals surface area contributed by atoms with Crippen molar-refractivity contribution in [1.29, 1.82) is 0 Å². The molecule has 6 aromatic rings. The predicted octanol–water partition coefficient (Wildman–Crippen LogP) is 9.82. The number of ketones is 2. The van der Waals surface area contributed by atoms with Crippen molar-refractivity contribution in [3.8, 4) is 22.5 Å². The molecule has 0 aliphatic rings. The zero-order chi connectivity index (χ0) is 32.5. The molecule has 0 radical (unpaired) electrons. The molecule has 0 aliphatic carbocycles. The van der Waals surface area contributed by atoms with Crippen molar-refractivity contribution < 1.29 is 29.7 Å². The standard InChI is InChI=1S/2C15H10N.C11H19O2.Ir/c2*1-2-6-12(7-3-1)15-11-10-13-8-4-5-9-14(13)16-15;1-10(2,3)8(12)7-9(13)11(4,5)6;/h2*1-6,8-11H;7H,1-6H3;/q3*-1;+3. The van der Waals surface area contributed by atoms with Gasteiger partial charge in [0, 0.05) is 11.6 Å². The van der Waals surface area contributed by atoms with Crippen molar-refractivity contribution in [2.75, 3.05) is 0 Å². The normalized spacial score (nSPS) is 10.8. The van der Waals surface area contributed by atoms with Crippen molar-refractivity contribution in [3.63, 3.8) is 0 Å². The molecule has 0 saturated carbocycles. The van der Waals surface area contributed by atoms with Crippen LogP contribution in [0, 0.1) is 29.4 Å². The molecular formula is C41H39IrN2O2. The van der Waals surface area contributed by atoms with Crippen molar-refractivity contribution in [3.05, 3.63) is 140 Å². The maximum atomic E-state index is 11.4. The fourth-order valence-corrected chi connectivity index (χ4v) is 4.09. The summed E-state index contributed by atoms with van der Waals surface area (Å²) in [5, 5.41) is 2.34. The van der Waals surface area contributed by atoms with Crippen LogP contribution >= 0.6 is 0 Å². The third-order valence-electron chi connectivity index (χ3n) is 6.91. The predicted molar refractivity (Wildman–Crippen MR) is 185 cm³/mol. The Morgan fingerprint density at radius 2 is 0.891 bits per heavy atom. The van der Waals surface area contributed by atoms with Crippen molar-refractivity contribution in [2.24, 2.45) is 10.8 Å². The fourth-order valence-electron chi connectivity index (χ4n) is 4.09. The number of para-hydroxylation sites is 2. The van der Waals surface area contributed by atoms with Crippen molar-refractivity contribution in [2.45, 2.75) is 41.5 Å². The molecule has 0 N–H and O–H groups in total. The monoisotopic (exact) mass is 784 g/mol. The largest absolute Gasteiger partial charge is 3.00 e. The molecule has 46 heavy (non-hydrogen) atoms. The number of fused-ring (bicyclic) bond motifs is 2. The molecule has 0 saturated heterocycles. The molecule has 0 bridgehead atoms. The minimum Gasteiger partial charge on any atom is -0.333 e. The summed E-state index contributed by atoms with van der Waals surface area (Å²) in [4.78, 5) is 32.1. The Kier molecular flexibility index (Phi) is 12.7. The smallest absolute Gasteiger partial charge is 0.333 e. The van der Waals surface area contributed by atoms with E-state index >= 15 is 0 Å². The van der Waals surface area contributed by atoms with Gasteiger partial charge < -0.3 is 9.59 Å². The molecule has 0 aliphatic heterocycles. The zero-order valence-electron chi connectivity index (χ0n) is 27.2. The van der Waals surface area contributed by atoms with Crippen LogP contribution in [0.25, 0.3) is 44.3 Å². The number of aromatic nitrogens is 2. The van der Waals surface area contributed by atoms with E-state index in [0.29, 0.717) is 0 Å². The first kappa shape index (κ1) is 36.0. The Morgan fingerprint density at radius 1 is 0.522 bits per heavy atom. The minimum absolute atomic E-state index is 0. The minimum atomic E-state index is -0.457. The van der Waals surface area contributed by atoms with Crippen molar-refractivity contribution >= 4 is 33.4 Å². The number of carbonyl (C=O) groups is 2. The van der Waals surface area contributed by atoms with Gasteiger partial charge in [0.2, 0.25) is 0 Å². The Labute approximate surface area is 286 Å². The Hall–Kier alpha value is -4.44. The van der Waals surface area contributed by atoms with Crippen LogP contribution in [0.2, 0.25) is 0 Å². The maximum absolute atomic E-state index is 11.4. The van der Waals surface area contributed by atoms with Crippen LogP contribution < -0.4 is 0 Å². The fraction of sp³-hybridized carbons (Fsp3) is 0.195. The summed E-state index contributed by atoms with van der Waals surface area (Å²) >= 11 is 0. The molecular weight excluding hydrogens is 745 g/mol. The van der Waals surface area contributed by atoms with Crippen LogP contribution in [0.15, 0.2) is 121 Å². The SMILES string of the molecule is CC(C)(C)C(=O)[CH-]C(=O)C(C)(C)C.[Ir+3].[c-]1ccccc1-c1ccc2ccccc2n1.[c-]1ccccc1-c1ccc2ccccc2n1. The van der Waals surface area contributed by atoms with E-state index in [1.54, 1.807) is 0 Å². The number of pyridine rings is 2. The van der Waals surface area contributed by atoms with Crippen LogP contribution in [-0.4, -0.2) is 21.5 Å². The topological polar surface area (TPSA) is 59.9 Å². The van der Waals surface area contributed by atoms with E-state index in [1.165, 1.54) is 17.2 Å². The van der Waals surface area contributed by atoms with Gasteiger partial charge in [-0.1, -0.05) is 102 Å². The summed E-state index contributed by atoms with van der Waals surface area (Å²) in [5.41, 5.74) is 5.15. The Balaban J connectivity index is 0.000000188. The molecule has 0 fully saturated rings. The van der Waals surface area contributed by atoms with E-state index in [-0.39, 0.29) is 31.7 Å². The van der Waals surface area contributed by atoms with Gasteiger partial charge in [0.25, 0.3) is 0 Å². The summed E-state index contributed by atoms with van der Waals surface area (Å²) < 4.78 is 0. The third kappa shape index (κ3) is 10.3. The number of benzene rings is 4. The molecule has 0 spiro atoms. The average molecular weight is 784 g/mol. The van der Waals surface area contributed by atoms with E-state index in [0.717, 1.165) is 33.5 Å². The molecule has 0 unspecified atom stereocenters. The number of carbonyl (C=O) groups excluding carboxylic acids is 2. The van der Waals surface area contributed by atoms with Gasteiger partial charge in [0.05, 0.1) is 11.0 Å². The summed E-state index contributed by atoms with van der Waals surface area (Å²) in [7, 11) is 0. The van der Waals surface area contributed by atoms with E-state index in [2.05, 4.69) is 46.4 Å².